The van der Waals surface area contributed by atoms with E-state index in [1.807, 2.05) is 6.92 Å². The van der Waals surface area contributed by atoms with Gasteiger partial charge in [-0.05, 0) is 30.2 Å². The van der Waals surface area contributed by atoms with Crippen LogP contribution in [-0.2, 0) is 4.79 Å². The molecule has 0 aliphatic heterocycles. The van der Waals surface area contributed by atoms with Gasteiger partial charge in [0.1, 0.15) is 5.94 Å². The predicted molar refractivity (Wildman–Crippen MR) is 89.0 cm³/mol. The van der Waals surface area contributed by atoms with Crippen LogP contribution in [0.3, 0.4) is 0 Å². The van der Waals surface area contributed by atoms with Crippen LogP contribution in [0.2, 0.25) is 23.7 Å². The second-order valence-corrected chi connectivity index (χ2v) is 12.5. The second kappa shape index (κ2) is 8.07. The highest BCUT2D eigenvalue weighted by atomic mass is 28.3. The standard InChI is InChI=1S/C17H34OSi/c1-13(2)10-19(11-14(3)4,12-15(5)6)17(8)16(7)9-18/h13-15,17H,10-12H2,1-8H3. The summed E-state index contributed by atoms with van der Waals surface area (Å²) in [5.74, 6) is 4.37. The third-order valence-corrected chi connectivity index (χ3v) is 11.3. The van der Waals surface area contributed by atoms with Crippen molar-refractivity contribution in [2.45, 2.75) is 79.1 Å². The fourth-order valence-electron chi connectivity index (χ4n) is 3.77. The van der Waals surface area contributed by atoms with Crippen LogP contribution in [0.4, 0.5) is 0 Å². The Kier molecular flexibility index (Phi) is 7.92. The van der Waals surface area contributed by atoms with Gasteiger partial charge in [0.2, 0.25) is 0 Å². The van der Waals surface area contributed by atoms with E-state index in [1.54, 1.807) is 0 Å². The minimum atomic E-state index is -1.47. The van der Waals surface area contributed by atoms with Crippen molar-refractivity contribution in [3.8, 4) is 0 Å². The summed E-state index contributed by atoms with van der Waals surface area (Å²) in [6.07, 6.45) is 0. The summed E-state index contributed by atoms with van der Waals surface area (Å²) in [4.78, 5) is 11.1. The van der Waals surface area contributed by atoms with Crippen LogP contribution in [-0.4, -0.2) is 14.0 Å². The Balaban J connectivity index is 5.50. The molecule has 112 valence electrons. The lowest BCUT2D eigenvalue weighted by atomic mass is 10.2. The summed E-state index contributed by atoms with van der Waals surface area (Å²) in [6, 6.07) is 4.01. The van der Waals surface area contributed by atoms with Gasteiger partial charge in [-0.3, -0.25) is 0 Å². The minimum Gasteiger partial charge on any atom is -0.234 e. The van der Waals surface area contributed by atoms with E-state index in [-0.39, 0.29) is 0 Å². The van der Waals surface area contributed by atoms with E-state index < -0.39 is 8.07 Å². The molecule has 0 saturated carbocycles. The Hall–Kier alpha value is -0.333. The predicted octanol–water partition coefficient (Wildman–Crippen LogP) is 5.57. The SMILES string of the molecule is CC(=C=O)C(C)[Si](CC(C)C)(CC(C)C)CC(C)C. The van der Waals surface area contributed by atoms with E-state index in [2.05, 4.69) is 54.4 Å². The molecule has 0 saturated heterocycles. The lowest BCUT2D eigenvalue weighted by Gasteiger charge is -2.41. The van der Waals surface area contributed by atoms with Crippen LogP contribution in [0.5, 0.6) is 0 Å². The van der Waals surface area contributed by atoms with E-state index in [9.17, 15) is 4.79 Å². The molecule has 0 bridgehead atoms. The highest BCUT2D eigenvalue weighted by molar-refractivity contribution is 6.82. The van der Waals surface area contributed by atoms with Crippen LogP contribution in [0, 0.1) is 17.8 Å². The summed E-state index contributed by atoms with van der Waals surface area (Å²) in [5.41, 5.74) is 1.42. The Labute approximate surface area is 121 Å². The van der Waals surface area contributed by atoms with Crippen LogP contribution < -0.4 is 0 Å². The molecule has 2 heteroatoms. The second-order valence-electron chi connectivity index (χ2n) is 7.66. The molecule has 0 N–H and O–H groups in total. The van der Waals surface area contributed by atoms with Crippen molar-refractivity contribution in [2.24, 2.45) is 17.8 Å². The van der Waals surface area contributed by atoms with Crippen molar-refractivity contribution in [1.29, 1.82) is 0 Å². The van der Waals surface area contributed by atoms with Gasteiger partial charge < -0.3 is 0 Å². The first-order valence-corrected chi connectivity index (χ1v) is 10.6. The number of rotatable bonds is 8. The van der Waals surface area contributed by atoms with Gasteiger partial charge in [0.15, 0.2) is 0 Å². The van der Waals surface area contributed by atoms with Crippen molar-refractivity contribution in [3.63, 3.8) is 0 Å². The van der Waals surface area contributed by atoms with E-state index >= 15 is 0 Å². The highest BCUT2D eigenvalue weighted by Crippen LogP contribution is 2.43. The smallest absolute Gasteiger partial charge is 0.123 e. The van der Waals surface area contributed by atoms with Gasteiger partial charge in [-0.1, -0.05) is 66.6 Å². The zero-order chi connectivity index (χ0) is 15.2. The van der Waals surface area contributed by atoms with Gasteiger partial charge in [-0.2, -0.15) is 0 Å². The maximum absolute atomic E-state index is 11.1. The molecule has 0 aromatic carbocycles. The number of hydrogen-bond donors (Lipinski definition) is 0. The molecule has 1 atom stereocenters. The first kappa shape index (κ1) is 18.7. The van der Waals surface area contributed by atoms with Gasteiger partial charge in [-0.25, -0.2) is 4.79 Å². The molecule has 19 heavy (non-hydrogen) atoms. The summed E-state index contributed by atoms with van der Waals surface area (Å²) in [6.45, 7) is 18.2. The Morgan fingerprint density at radius 3 is 1.37 bits per heavy atom. The highest BCUT2D eigenvalue weighted by Gasteiger charge is 2.40. The van der Waals surface area contributed by atoms with E-state index in [4.69, 9.17) is 0 Å². The summed E-state index contributed by atoms with van der Waals surface area (Å²) < 4.78 is 0. The number of hydrogen-bond acceptors (Lipinski definition) is 1. The van der Waals surface area contributed by atoms with Crippen molar-refractivity contribution in [3.05, 3.63) is 5.57 Å². The summed E-state index contributed by atoms with van der Waals surface area (Å²) in [5, 5.41) is 0. The quantitative estimate of drug-likeness (QED) is 0.420. The fourth-order valence-corrected chi connectivity index (χ4v) is 11.2. The molecule has 0 aromatic heterocycles. The molecule has 0 fully saturated rings. The zero-order valence-corrected chi connectivity index (χ0v) is 15.3. The van der Waals surface area contributed by atoms with Crippen LogP contribution in [0.15, 0.2) is 5.57 Å². The molecule has 0 spiro atoms. The van der Waals surface area contributed by atoms with Gasteiger partial charge in [-0.15, -0.1) is 0 Å². The lowest BCUT2D eigenvalue weighted by molar-refractivity contribution is 0.565. The first-order valence-electron chi connectivity index (χ1n) is 7.86. The third kappa shape index (κ3) is 6.10. The average molecular weight is 283 g/mol. The molecule has 0 rings (SSSR count). The minimum absolute atomic E-state index is 0.470. The lowest BCUT2D eigenvalue weighted by Crippen LogP contribution is -2.43. The summed E-state index contributed by atoms with van der Waals surface area (Å²) in [7, 11) is -1.47. The fraction of sp³-hybridized carbons (Fsp3) is 0.882. The Bertz CT molecular complexity index is 285. The van der Waals surface area contributed by atoms with E-state index in [0.29, 0.717) is 5.54 Å². The Morgan fingerprint density at radius 2 is 1.16 bits per heavy atom. The first-order chi connectivity index (χ1) is 8.64. The molecule has 0 aliphatic carbocycles. The maximum atomic E-state index is 11.1. The van der Waals surface area contributed by atoms with Gasteiger partial charge in [0.25, 0.3) is 0 Å². The molecule has 0 aromatic rings. The zero-order valence-electron chi connectivity index (χ0n) is 14.3. The van der Waals surface area contributed by atoms with E-state index in [0.717, 1.165) is 23.3 Å². The van der Waals surface area contributed by atoms with Gasteiger partial charge >= 0.3 is 0 Å². The number of allylic oxidation sites excluding steroid dienone is 1. The molecular formula is C17H34OSi. The normalized spacial score (nSPS) is 14.1. The molecular weight excluding hydrogens is 248 g/mol. The van der Waals surface area contributed by atoms with Crippen molar-refractivity contribution in [2.75, 3.05) is 0 Å². The van der Waals surface area contributed by atoms with E-state index in [1.165, 1.54) is 18.1 Å². The number of carbonyl (C=O) groups excluding carboxylic acids is 1. The topological polar surface area (TPSA) is 17.1 Å². The van der Waals surface area contributed by atoms with Crippen LogP contribution in [0.25, 0.3) is 0 Å². The van der Waals surface area contributed by atoms with Crippen molar-refractivity contribution >= 4 is 14.0 Å². The molecule has 0 radical (unpaired) electrons. The van der Waals surface area contributed by atoms with Crippen molar-refractivity contribution in [1.82, 2.24) is 0 Å². The molecule has 0 amide bonds. The van der Waals surface area contributed by atoms with Crippen molar-refractivity contribution < 1.29 is 4.79 Å². The molecule has 1 unspecified atom stereocenters. The summed E-state index contributed by atoms with van der Waals surface area (Å²) >= 11 is 0. The largest absolute Gasteiger partial charge is 0.234 e. The Morgan fingerprint density at radius 1 is 0.842 bits per heavy atom. The van der Waals surface area contributed by atoms with Gasteiger partial charge in [0, 0.05) is 5.57 Å². The maximum Gasteiger partial charge on any atom is 0.123 e. The van der Waals surface area contributed by atoms with Crippen LogP contribution in [0.1, 0.15) is 55.4 Å². The third-order valence-electron chi connectivity index (χ3n) is 4.17. The molecule has 0 heterocycles. The average Bonchev–Trinajstić information content (AvgIpc) is 2.23. The monoisotopic (exact) mass is 282 g/mol. The van der Waals surface area contributed by atoms with Crippen LogP contribution >= 0.6 is 0 Å². The van der Waals surface area contributed by atoms with Gasteiger partial charge in [0.05, 0.1) is 8.07 Å². The molecule has 0 aliphatic rings. The molecule has 1 nitrogen and oxygen atoms in total.